The van der Waals surface area contributed by atoms with Crippen LogP contribution >= 0.6 is 11.3 Å². The topological polar surface area (TPSA) is 15.3 Å². The Morgan fingerprint density at radius 1 is 1.47 bits per heavy atom. The second-order valence-corrected chi connectivity index (χ2v) is 7.22. The van der Waals surface area contributed by atoms with Gasteiger partial charge in [0.05, 0.1) is 0 Å². The quantitative estimate of drug-likeness (QED) is 0.870. The van der Waals surface area contributed by atoms with Gasteiger partial charge in [-0.3, -0.25) is 4.90 Å². The molecule has 0 aromatic carbocycles. The Bertz CT molecular complexity index is 340. The molecule has 3 heteroatoms. The van der Waals surface area contributed by atoms with E-state index in [1.165, 1.54) is 4.88 Å². The third kappa shape index (κ3) is 3.30. The number of hydrogen-bond acceptors (Lipinski definition) is 3. The van der Waals surface area contributed by atoms with E-state index in [2.05, 4.69) is 55.4 Å². The molecule has 2 unspecified atom stereocenters. The van der Waals surface area contributed by atoms with Gasteiger partial charge >= 0.3 is 0 Å². The normalized spacial score (nSPS) is 27.3. The molecule has 2 atom stereocenters. The van der Waals surface area contributed by atoms with Gasteiger partial charge in [-0.05, 0) is 23.8 Å². The van der Waals surface area contributed by atoms with Crippen molar-refractivity contribution in [1.82, 2.24) is 10.2 Å². The van der Waals surface area contributed by atoms with Crippen LogP contribution in [0.15, 0.2) is 17.5 Å². The molecule has 1 aromatic rings. The van der Waals surface area contributed by atoms with Crippen molar-refractivity contribution in [2.24, 2.45) is 5.41 Å². The molecule has 1 saturated heterocycles. The molecule has 1 aliphatic rings. The van der Waals surface area contributed by atoms with E-state index in [4.69, 9.17) is 0 Å². The van der Waals surface area contributed by atoms with Crippen LogP contribution in [0.3, 0.4) is 0 Å². The van der Waals surface area contributed by atoms with Crippen molar-refractivity contribution in [3.05, 3.63) is 22.4 Å². The molecule has 1 fully saturated rings. The minimum Gasteiger partial charge on any atom is -0.311 e. The smallest absolute Gasteiger partial charge is 0.0331 e. The van der Waals surface area contributed by atoms with Crippen LogP contribution in [0.2, 0.25) is 0 Å². The van der Waals surface area contributed by atoms with Gasteiger partial charge in [0.1, 0.15) is 0 Å². The van der Waals surface area contributed by atoms with E-state index in [-0.39, 0.29) is 0 Å². The fraction of sp³-hybridized carbons (Fsp3) is 0.714. The van der Waals surface area contributed by atoms with Gasteiger partial charge < -0.3 is 5.32 Å². The van der Waals surface area contributed by atoms with Gasteiger partial charge in [-0.2, -0.15) is 0 Å². The van der Waals surface area contributed by atoms with Crippen molar-refractivity contribution in [3.8, 4) is 0 Å². The second kappa shape index (κ2) is 5.09. The van der Waals surface area contributed by atoms with Crippen molar-refractivity contribution in [3.63, 3.8) is 0 Å². The van der Waals surface area contributed by atoms with E-state index in [0.717, 1.165) is 19.6 Å². The Kier molecular flexibility index (Phi) is 3.91. The first-order valence-electron chi connectivity index (χ1n) is 6.46. The average Bonchev–Trinajstić information content (AvgIpc) is 2.72. The van der Waals surface area contributed by atoms with Crippen molar-refractivity contribution in [2.45, 2.75) is 46.3 Å². The lowest BCUT2D eigenvalue weighted by Crippen LogP contribution is -2.59. The molecule has 17 heavy (non-hydrogen) atoms. The van der Waals surface area contributed by atoms with E-state index >= 15 is 0 Å². The zero-order valence-electron chi connectivity index (χ0n) is 11.4. The summed E-state index contributed by atoms with van der Waals surface area (Å²) in [4.78, 5) is 4.09. The zero-order valence-corrected chi connectivity index (χ0v) is 12.2. The molecular weight excluding hydrogens is 228 g/mol. The molecule has 0 saturated carbocycles. The van der Waals surface area contributed by atoms with Crippen LogP contribution < -0.4 is 5.32 Å². The van der Waals surface area contributed by atoms with Crippen molar-refractivity contribution in [1.29, 1.82) is 0 Å². The maximum absolute atomic E-state index is 3.68. The van der Waals surface area contributed by atoms with Crippen molar-refractivity contribution < 1.29 is 0 Å². The minimum atomic E-state index is 0.341. The fourth-order valence-electron chi connectivity index (χ4n) is 2.32. The highest BCUT2D eigenvalue weighted by atomic mass is 32.1. The fourth-order valence-corrected chi connectivity index (χ4v) is 3.05. The molecule has 2 rings (SSSR count). The third-order valence-corrected chi connectivity index (χ3v) is 4.55. The Morgan fingerprint density at radius 3 is 2.82 bits per heavy atom. The molecule has 2 nitrogen and oxygen atoms in total. The van der Waals surface area contributed by atoms with Gasteiger partial charge in [0, 0.05) is 36.6 Å². The van der Waals surface area contributed by atoms with Crippen molar-refractivity contribution in [2.75, 3.05) is 13.1 Å². The summed E-state index contributed by atoms with van der Waals surface area (Å²) in [6, 6.07) is 5.62. The van der Waals surface area contributed by atoms with Crippen LogP contribution in [0, 0.1) is 5.41 Å². The molecule has 0 amide bonds. The SMILES string of the molecule is CC1CNC(C(C)(C)C)CN1Cc1cccs1. The zero-order chi connectivity index (χ0) is 12.5. The lowest BCUT2D eigenvalue weighted by molar-refractivity contribution is 0.0886. The van der Waals surface area contributed by atoms with Crippen LogP contribution in [-0.4, -0.2) is 30.1 Å². The van der Waals surface area contributed by atoms with Gasteiger partial charge in [0.25, 0.3) is 0 Å². The molecular formula is C14H24N2S. The lowest BCUT2D eigenvalue weighted by Gasteiger charge is -2.43. The first-order valence-corrected chi connectivity index (χ1v) is 7.34. The number of nitrogens with zero attached hydrogens (tertiary/aromatic N) is 1. The summed E-state index contributed by atoms with van der Waals surface area (Å²) in [6.45, 7) is 12.7. The maximum atomic E-state index is 3.68. The minimum absolute atomic E-state index is 0.341. The Morgan fingerprint density at radius 2 is 2.24 bits per heavy atom. The molecule has 0 radical (unpaired) electrons. The highest BCUT2D eigenvalue weighted by Gasteiger charge is 2.32. The Balaban J connectivity index is 2.00. The van der Waals surface area contributed by atoms with Gasteiger partial charge in [-0.1, -0.05) is 26.8 Å². The first-order chi connectivity index (χ1) is 7.97. The van der Waals surface area contributed by atoms with Crippen LogP contribution in [0.5, 0.6) is 0 Å². The molecule has 2 heterocycles. The second-order valence-electron chi connectivity index (χ2n) is 6.18. The first kappa shape index (κ1) is 13.1. The summed E-state index contributed by atoms with van der Waals surface area (Å²) >= 11 is 1.87. The van der Waals surface area contributed by atoms with Gasteiger partial charge in [-0.15, -0.1) is 11.3 Å². The summed E-state index contributed by atoms with van der Waals surface area (Å²) in [5.74, 6) is 0. The number of hydrogen-bond donors (Lipinski definition) is 1. The van der Waals surface area contributed by atoms with Crippen LogP contribution in [0.4, 0.5) is 0 Å². The molecule has 96 valence electrons. The molecule has 0 aliphatic carbocycles. The summed E-state index contributed by atoms with van der Waals surface area (Å²) < 4.78 is 0. The number of nitrogens with one attached hydrogen (secondary N) is 1. The van der Waals surface area contributed by atoms with Crippen LogP contribution in [0.1, 0.15) is 32.6 Å². The standard InChI is InChI=1S/C14H24N2S/c1-11-8-15-13(14(2,3)4)10-16(11)9-12-6-5-7-17-12/h5-7,11,13,15H,8-10H2,1-4H3. The number of piperazine rings is 1. The monoisotopic (exact) mass is 252 g/mol. The highest BCUT2D eigenvalue weighted by Crippen LogP contribution is 2.25. The predicted octanol–water partition coefficient (Wildman–Crippen LogP) is 2.96. The van der Waals surface area contributed by atoms with Crippen molar-refractivity contribution >= 4 is 11.3 Å². The summed E-state index contributed by atoms with van der Waals surface area (Å²) in [5, 5.41) is 5.85. The number of thiophene rings is 1. The van der Waals surface area contributed by atoms with E-state index in [0.29, 0.717) is 17.5 Å². The predicted molar refractivity (Wildman–Crippen MR) is 75.4 cm³/mol. The van der Waals surface area contributed by atoms with E-state index < -0.39 is 0 Å². The average molecular weight is 252 g/mol. The molecule has 0 bridgehead atoms. The lowest BCUT2D eigenvalue weighted by atomic mass is 9.85. The number of rotatable bonds is 2. The van der Waals surface area contributed by atoms with Crippen LogP contribution in [0.25, 0.3) is 0 Å². The molecule has 1 aromatic heterocycles. The van der Waals surface area contributed by atoms with Gasteiger partial charge in [0.15, 0.2) is 0 Å². The Labute approximate surface area is 109 Å². The largest absolute Gasteiger partial charge is 0.311 e. The molecule has 0 spiro atoms. The van der Waals surface area contributed by atoms with E-state index in [1.54, 1.807) is 0 Å². The van der Waals surface area contributed by atoms with Crippen LogP contribution in [-0.2, 0) is 6.54 Å². The van der Waals surface area contributed by atoms with Gasteiger partial charge in [0.2, 0.25) is 0 Å². The highest BCUT2D eigenvalue weighted by molar-refractivity contribution is 7.09. The summed E-state index contributed by atoms with van der Waals surface area (Å²) in [7, 11) is 0. The molecule has 1 N–H and O–H groups in total. The summed E-state index contributed by atoms with van der Waals surface area (Å²) in [6.07, 6.45) is 0. The van der Waals surface area contributed by atoms with E-state index in [9.17, 15) is 0 Å². The third-order valence-electron chi connectivity index (χ3n) is 3.68. The maximum Gasteiger partial charge on any atom is 0.0331 e. The van der Waals surface area contributed by atoms with Gasteiger partial charge in [-0.25, -0.2) is 0 Å². The Hall–Kier alpha value is -0.380. The molecule has 1 aliphatic heterocycles. The van der Waals surface area contributed by atoms with E-state index in [1.807, 2.05) is 11.3 Å². The summed E-state index contributed by atoms with van der Waals surface area (Å²) in [5.41, 5.74) is 0.341.